The molecular formula is C12H11N3O3S3. The van der Waals surface area contributed by atoms with Crippen molar-refractivity contribution in [1.82, 2.24) is 10.2 Å². The number of ether oxygens (including phenoxy) is 1. The molecule has 0 atom stereocenters. The van der Waals surface area contributed by atoms with Crippen molar-refractivity contribution in [2.75, 3.05) is 11.8 Å². The summed E-state index contributed by atoms with van der Waals surface area (Å²) in [6.45, 7) is 0. The lowest BCUT2D eigenvalue weighted by atomic mass is 10.3. The second-order valence-corrected chi connectivity index (χ2v) is 7.77. The van der Waals surface area contributed by atoms with Crippen LogP contribution in [0.5, 0.6) is 5.75 Å². The van der Waals surface area contributed by atoms with Gasteiger partial charge in [-0.15, -0.1) is 22.7 Å². The van der Waals surface area contributed by atoms with E-state index in [4.69, 9.17) is 4.74 Å². The number of thiophene rings is 2. The van der Waals surface area contributed by atoms with Crippen LogP contribution in [-0.2, 0) is 10.0 Å². The number of sulfonamides is 1. The van der Waals surface area contributed by atoms with Gasteiger partial charge in [-0.2, -0.15) is 5.10 Å². The van der Waals surface area contributed by atoms with Crippen LogP contribution in [0.4, 0.5) is 5.82 Å². The van der Waals surface area contributed by atoms with Crippen LogP contribution in [0.15, 0.2) is 39.2 Å². The average Bonchev–Trinajstić information content (AvgIpc) is 3.19. The Bertz CT molecular complexity index is 834. The van der Waals surface area contributed by atoms with Gasteiger partial charge in [0, 0.05) is 6.07 Å². The Morgan fingerprint density at radius 2 is 2.14 bits per heavy atom. The van der Waals surface area contributed by atoms with E-state index in [0.29, 0.717) is 5.75 Å². The van der Waals surface area contributed by atoms with E-state index in [0.717, 1.165) is 21.9 Å². The maximum Gasteiger partial charge on any atom is 0.276 e. The Labute approximate surface area is 129 Å². The number of nitrogens with one attached hydrogen (secondary N) is 2. The maximum absolute atomic E-state index is 12.3. The third kappa shape index (κ3) is 2.80. The summed E-state index contributed by atoms with van der Waals surface area (Å²) in [5.74, 6) is 0.565. The first-order valence-corrected chi connectivity index (χ1v) is 9.08. The average molecular weight is 341 g/mol. The molecule has 0 saturated heterocycles. The van der Waals surface area contributed by atoms with Crippen LogP contribution in [0, 0.1) is 0 Å². The highest BCUT2D eigenvalue weighted by Gasteiger charge is 2.22. The van der Waals surface area contributed by atoms with Crippen LogP contribution in [0.25, 0.3) is 10.6 Å². The second kappa shape index (κ2) is 5.51. The molecule has 0 aliphatic carbocycles. The molecular weight excluding hydrogens is 330 g/mol. The largest absolute Gasteiger partial charge is 0.494 e. The SMILES string of the molecule is COc1ccsc1S(=O)(=O)Nc1cc(-c2cccs2)[nH]n1. The van der Waals surface area contributed by atoms with Gasteiger partial charge < -0.3 is 4.74 Å². The van der Waals surface area contributed by atoms with Gasteiger partial charge in [0.25, 0.3) is 10.0 Å². The number of nitrogens with zero attached hydrogens (tertiary/aromatic N) is 1. The molecule has 0 aliphatic heterocycles. The van der Waals surface area contributed by atoms with Gasteiger partial charge in [0.2, 0.25) is 0 Å². The number of hydrogen-bond donors (Lipinski definition) is 2. The highest BCUT2D eigenvalue weighted by molar-refractivity contribution is 7.94. The first-order chi connectivity index (χ1) is 10.1. The van der Waals surface area contributed by atoms with Gasteiger partial charge in [0.05, 0.1) is 17.7 Å². The minimum absolute atomic E-state index is 0.130. The summed E-state index contributed by atoms with van der Waals surface area (Å²) >= 11 is 2.64. The van der Waals surface area contributed by atoms with Gasteiger partial charge >= 0.3 is 0 Å². The molecule has 0 aromatic carbocycles. The predicted molar refractivity (Wildman–Crippen MR) is 83.6 cm³/mol. The van der Waals surface area contributed by atoms with Crippen molar-refractivity contribution in [2.24, 2.45) is 0 Å². The molecule has 21 heavy (non-hydrogen) atoms. The third-order valence-corrected chi connectivity index (χ3v) is 6.37. The maximum atomic E-state index is 12.3. The zero-order valence-corrected chi connectivity index (χ0v) is 13.3. The molecule has 0 fully saturated rings. The molecule has 0 aliphatic rings. The molecule has 0 unspecified atom stereocenters. The fourth-order valence-electron chi connectivity index (χ4n) is 1.75. The van der Waals surface area contributed by atoms with E-state index in [9.17, 15) is 8.42 Å². The topological polar surface area (TPSA) is 84.1 Å². The zero-order chi connectivity index (χ0) is 14.9. The quantitative estimate of drug-likeness (QED) is 0.747. The van der Waals surface area contributed by atoms with Crippen LogP contribution >= 0.6 is 22.7 Å². The van der Waals surface area contributed by atoms with Crippen molar-refractivity contribution >= 4 is 38.5 Å². The number of methoxy groups -OCH3 is 1. The minimum atomic E-state index is -3.70. The lowest BCUT2D eigenvalue weighted by Crippen LogP contribution is -2.12. The van der Waals surface area contributed by atoms with E-state index in [1.54, 1.807) is 28.8 Å². The van der Waals surface area contributed by atoms with Crippen LogP contribution in [0.1, 0.15) is 0 Å². The van der Waals surface area contributed by atoms with E-state index < -0.39 is 10.0 Å². The Kier molecular flexibility index (Phi) is 3.70. The summed E-state index contributed by atoms with van der Waals surface area (Å²) in [6, 6.07) is 7.12. The fourth-order valence-corrected chi connectivity index (χ4v) is 4.71. The van der Waals surface area contributed by atoms with Crippen molar-refractivity contribution in [3.63, 3.8) is 0 Å². The third-order valence-electron chi connectivity index (χ3n) is 2.66. The summed E-state index contributed by atoms with van der Waals surface area (Å²) in [6.07, 6.45) is 0. The van der Waals surface area contributed by atoms with Crippen molar-refractivity contribution in [2.45, 2.75) is 4.21 Å². The van der Waals surface area contributed by atoms with Crippen molar-refractivity contribution in [3.05, 3.63) is 35.0 Å². The van der Waals surface area contributed by atoms with E-state index >= 15 is 0 Å². The summed E-state index contributed by atoms with van der Waals surface area (Å²) in [4.78, 5) is 0.988. The Morgan fingerprint density at radius 3 is 2.86 bits per heavy atom. The van der Waals surface area contributed by atoms with E-state index in [1.807, 2.05) is 17.5 Å². The molecule has 3 aromatic heterocycles. The first-order valence-electron chi connectivity index (χ1n) is 5.84. The van der Waals surface area contributed by atoms with Crippen molar-refractivity contribution in [3.8, 4) is 16.3 Å². The van der Waals surface area contributed by atoms with Crippen LogP contribution in [0.2, 0.25) is 0 Å². The number of aromatic nitrogens is 2. The van der Waals surface area contributed by atoms with Crippen LogP contribution < -0.4 is 9.46 Å². The molecule has 0 radical (unpaired) electrons. The van der Waals surface area contributed by atoms with E-state index in [1.165, 1.54) is 7.11 Å². The molecule has 110 valence electrons. The summed E-state index contributed by atoms with van der Waals surface area (Å²) in [5.41, 5.74) is 0.765. The van der Waals surface area contributed by atoms with Gasteiger partial charge in [-0.25, -0.2) is 8.42 Å². The molecule has 3 aromatic rings. The molecule has 9 heteroatoms. The molecule has 6 nitrogen and oxygen atoms in total. The zero-order valence-electron chi connectivity index (χ0n) is 10.9. The minimum Gasteiger partial charge on any atom is -0.494 e. The van der Waals surface area contributed by atoms with Crippen LogP contribution in [0.3, 0.4) is 0 Å². The molecule has 3 heterocycles. The molecule has 2 N–H and O–H groups in total. The first kappa shape index (κ1) is 14.1. The van der Waals surface area contributed by atoms with E-state index in [2.05, 4.69) is 14.9 Å². The standard InChI is InChI=1S/C12H11N3O3S3/c1-18-9-4-6-20-12(9)21(16,17)15-11-7-8(13-14-11)10-3-2-5-19-10/h2-7H,1H3,(H2,13,14,15). The number of hydrogen-bond acceptors (Lipinski definition) is 6. The summed E-state index contributed by atoms with van der Waals surface area (Å²) in [7, 11) is -2.27. The Morgan fingerprint density at radius 1 is 1.29 bits per heavy atom. The highest BCUT2D eigenvalue weighted by atomic mass is 32.2. The molecule has 3 rings (SSSR count). The summed E-state index contributed by atoms with van der Waals surface area (Å²) < 4.78 is 32.2. The van der Waals surface area contributed by atoms with Gasteiger partial charge in [-0.05, 0) is 22.9 Å². The lowest BCUT2D eigenvalue weighted by molar-refractivity contribution is 0.406. The lowest BCUT2D eigenvalue weighted by Gasteiger charge is -2.04. The molecule has 0 amide bonds. The highest BCUT2D eigenvalue weighted by Crippen LogP contribution is 2.31. The Balaban J connectivity index is 1.86. The second-order valence-electron chi connectivity index (χ2n) is 4.03. The molecule has 0 bridgehead atoms. The normalized spacial score (nSPS) is 11.5. The fraction of sp³-hybridized carbons (Fsp3) is 0.0833. The predicted octanol–water partition coefficient (Wildman–Crippen LogP) is 3.01. The Hall–Kier alpha value is -1.84. The number of rotatable bonds is 5. The van der Waals surface area contributed by atoms with Crippen molar-refractivity contribution < 1.29 is 13.2 Å². The molecule has 0 saturated carbocycles. The summed E-state index contributed by atoms with van der Waals surface area (Å²) in [5, 5.41) is 10.4. The molecule has 0 spiro atoms. The van der Waals surface area contributed by atoms with Crippen LogP contribution in [-0.4, -0.2) is 25.7 Å². The number of H-pyrrole nitrogens is 1. The van der Waals surface area contributed by atoms with Gasteiger partial charge in [0.15, 0.2) is 10.0 Å². The monoisotopic (exact) mass is 341 g/mol. The van der Waals surface area contributed by atoms with E-state index in [-0.39, 0.29) is 10.0 Å². The smallest absolute Gasteiger partial charge is 0.276 e. The van der Waals surface area contributed by atoms with Gasteiger partial charge in [-0.1, -0.05) is 6.07 Å². The number of aromatic amines is 1. The van der Waals surface area contributed by atoms with Gasteiger partial charge in [0.1, 0.15) is 5.75 Å². The van der Waals surface area contributed by atoms with Crippen molar-refractivity contribution in [1.29, 1.82) is 0 Å². The number of anilines is 1. The van der Waals surface area contributed by atoms with Gasteiger partial charge in [-0.3, -0.25) is 9.82 Å².